The molecule has 2 heterocycles. The van der Waals surface area contributed by atoms with Crippen molar-refractivity contribution in [1.29, 1.82) is 0 Å². The molecule has 2 aromatic carbocycles. The van der Waals surface area contributed by atoms with Gasteiger partial charge < -0.3 is 9.15 Å². The lowest BCUT2D eigenvalue weighted by molar-refractivity contribution is 0.0474. The third kappa shape index (κ3) is 3.95. The summed E-state index contributed by atoms with van der Waals surface area (Å²) in [6.45, 7) is 2.30. The molecule has 30 heavy (non-hydrogen) atoms. The lowest BCUT2D eigenvalue weighted by Gasteiger charge is -2.17. The van der Waals surface area contributed by atoms with E-state index in [1.165, 1.54) is 16.4 Å². The van der Waals surface area contributed by atoms with Gasteiger partial charge in [-0.05, 0) is 42.7 Å². The second kappa shape index (κ2) is 7.95. The fourth-order valence-electron chi connectivity index (χ4n) is 3.56. The van der Waals surface area contributed by atoms with Crippen LogP contribution in [0.1, 0.15) is 34.8 Å². The number of hydrogen-bond donors (Lipinski definition) is 0. The first kappa shape index (κ1) is 20.2. The second-order valence-electron chi connectivity index (χ2n) is 7.14. The molecule has 7 nitrogen and oxygen atoms in total. The molecule has 0 radical (unpaired) electrons. The first-order chi connectivity index (χ1) is 14.4. The van der Waals surface area contributed by atoms with E-state index in [1.54, 1.807) is 18.2 Å². The summed E-state index contributed by atoms with van der Waals surface area (Å²) < 4.78 is 36.3. The molecule has 3 aromatic rings. The van der Waals surface area contributed by atoms with Crippen LogP contribution in [0.2, 0.25) is 0 Å². The zero-order valence-corrected chi connectivity index (χ0v) is 17.3. The Balaban J connectivity index is 1.56. The molecular formula is C22H21NO6S. The number of benzene rings is 2. The van der Waals surface area contributed by atoms with Crippen molar-refractivity contribution in [3.8, 4) is 0 Å². The fraction of sp³-hybridized carbons (Fsp3) is 0.273. The highest BCUT2D eigenvalue weighted by atomic mass is 32.2. The first-order valence-electron chi connectivity index (χ1n) is 9.70. The van der Waals surface area contributed by atoms with Crippen molar-refractivity contribution in [2.24, 2.45) is 0 Å². The van der Waals surface area contributed by atoms with Gasteiger partial charge in [-0.25, -0.2) is 18.0 Å². The molecule has 0 atom stereocenters. The predicted molar refractivity (Wildman–Crippen MR) is 113 cm³/mol. The normalized spacial score (nSPS) is 15.4. The van der Waals surface area contributed by atoms with Crippen molar-refractivity contribution in [1.82, 2.24) is 0 Å². The van der Waals surface area contributed by atoms with Gasteiger partial charge in [0.25, 0.3) is 0 Å². The van der Waals surface area contributed by atoms with Crippen LogP contribution in [0.15, 0.2) is 57.7 Å². The highest BCUT2D eigenvalue weighted by Crippen LogP contribution is 2.25. The SMILES string of the molecule is CCc1ccc2c(COC(=O)c3cccc(N4CCCS4(=O)=O)c3)cc(=O)oc2c1. The van der Waals surface area contributed by atoms with E-state index >= 15 is 0 Å². The van der Waals surface area contributed by atoms with Crippen LogP contribution in [0.4, 0.5) is 5.69 Å². The molecule has 0 aliphatic carbocycles. The first-order valence-corrected chi connectivity index (χ1v) is 11.3. The van der Waals surface area contributed by atoms with Crippen LogP contribution < -0.4 is 9.93 Å². The third-order valence-corrected chi connectivity index (χ3v) is 7.00. The quantitative estimate of drug-likeness (QED) is 0.458. The number of rotatable bonds is 5. The Morgan fingerprint density at radius 2 is 2.00 bits per heavy atom. The van der Waals surface area contributed by atoms with Crippen LogP contribution in [0.25, 0.3) is 11.0 Å². The molecular weight excluding hydrogens is 406 g/mol. The Hall–Kier alpha value is -3.13. The predicted octanol–water partition coefficient (Wildman–Crippen LogP) is 3.25. The van der Waals surface area contributed by atoms with Gasteiger partial charge in [-0.3, -0.25) is 4.31 Å². The molecule has 0 N–H and O–H groups in total. The third-order valence-electron chi connectivity index (χ3n) is 5.13. The van der Waals surface area contributed by atoms with Gasteiger partial charge >= 0.3 is 11.6 Å². The summed E-state index contributed by atoms with van der Waals surface area (Å²) in [5.41, 5.74) is 2.22. The van der Waals surface area contributed by atoms with Crippen LogP contribution in [0.5, 0.6) is 0 Å². The summed E-state index contributed by atoms with van der Waals surface area (Å²) in [6.07, 6.45) is 1.36. The average molecular weight is 427 g/mol. The van der Waals surface area contributed by atoms with Gasteiger partial charge in [0.2, 0.25) is 10.0 Å². The van der Waals surface area contributed by atoms with Crippen molar-refractivity contribution < 1.29 is 22.4 Å². The number of nitrogens with zero attached hydrogens (tertiary/aromatic N) is 1. The smallest absolute Gasteiger partial charge is 0.338 e. The van der Waals surface area contributed by atoms with Crippen molar-refractivity contribution in [2.75, 3.05) is 16.6 Å². The van der Waals surface area contributed by atoms with Crippen LogP contribution >= 0.6 is 0 Å². The minimum atomic E-state index is -3.34. The topological polar surface area (TPSA) is 93.9 Å². The number of aryl methyl sites for hydroxylation is 1. The maximum Gasteiger partial charge on any atom is 0.338 e. The monoisotopic (exact) mass is 427 g/mol. The summed E-state index contributed by atoms with van der Waals surface area (Å²) >= 11 is 0. The van der Waals surface area contributed by atoms with Crippen LogP contribution in [0, 0.1) is 0 Å². The average Bonchev–Trinajstić information content (AvgIpc) is 3.10. The molecule has 1 aromatic heterocycles. The molecule has 1 aliphatic heterocycles. The number of carbonyl (C=O) groups is 1. The molecule has 0 bridgehead atoms. The maximum atomic E-state index is 12.6. The molecule has 0 amide bonds. The van der Waals surface area contributed by atoms with Gasteiger partial charge in [0, 0.05) is 23.6 Å². The van der Waals surface area contributed by atoms with Crippen molar-refractivity contribution in [3.05, 3.63) is 75.6 Å². The van der Waals surface area contributed by atoms with E-state index in [4.69, 9.17) is 9.15 Å². The van der Waals surface area contributed by atoms with Crippen molar-refractivity contribution >= 4 is 32.6 Å². The molecule has 156 valence electrons. The Morgan fingerprint density at radius 3 is 2.73 bits per heavy atom. The molecule has 1 fully saturated rings. The van der Waals surface area contributed by atoms with E-state index < -0.39 is 21.6 Å². The number of sulfonamides is 1. The number of hydrogen-bond acceptors (Lipinski definition) is 6. The minimum Gasteiger partial charge on any atom is -0.457 e. The minimum absolute atomic E-state index is 0.0986. The van der Waals surface area contributed by atoms with Crippen molar-refractivity contribution in [2.45, 2.75) is 26.4 Å². The van der Waals surface area contributed by atoms with Gasteiger partial charge in [0.15, 0.2) is 0 Å². The number of fused-ring (bicyclic) bond motifs is 1. The highest BCUT2D eigenvalue weighted by molar-refractivity contribution is 7.93. The van der Waals surface area contributed by atoms with Gasteiger partial charge in [-0.1, -0.05) is 25.1 Å². The summed E-state index contributed by atoms with van der Waals surface area (Å²) in [7, 11) is -3.34. The standard InChI is InChI=1S/C22H21NO6S/c1-2-15-7-8-19-17(13-21(24)29-20(19)11-15)14-28-22(25)16-5-3-6-18(12-16)23-9-4-10-30(23,26)27/h3,5-8,11-13H,2,4,9-10,14H2,1H3. The van der Waals surface area contributed by atoms with Crippen LogP contribution in [-0.2, 0) is 27.8 Å². The molecule has 1 aliphatic rings. The van der Waals surface area contributed by atoms with E-state index in [1.807, 2.05) is 25.1 Å². The summed E-state index contributed by atoms with van der Waals surface area (Å²) in [5, 5.41) is 0.705. The molecule has 8 heteroatoms. The Morgan fingerprint density at radius 1 is 1.17 bits per heavy atom. The van der Waals surface area contributed by atoms with E-state index in [0.29, 0.717) is 35.2 Å². The number of carbonyl (C=O) groups excluding carboxylic acids is 1. The van der Waals surface area contributed by atoms with E-state index in [9.17, 15) is 18.0 Å². The lowest BCUT2D eigenvalue weighted by Crippen LogP contribution is -2.25. The summed E-state index contributed by atoms with van der Waals surface area (Å²) in [6, 6.07) is 13.3. The number of ether oxygens (including phenoxy) is 1. The molecule has 1 saturated heterocycles. The largest absolute Gasteiger partial charge is 0.457 e. The van der Waals surface area contributed by atoms with Crippen LogP contribution in [0.3, 0.4) is 0 Å². The Labute approximate surface area is 173 Å². The zero-order chi connectivity index (χ0) is 21.3. The Bertz CT molecular complexity index is 1280. The van der Waals surface area contributed by atoms with Crippen LogP contribution in [-0.4, -0.2) is 26.7 Å². The summed E-state index contributed by atoms with van der Waals surface area (Å²) in [5.74, 6) is -0.495. The molecule has 4 rings (SSSR count). The Kier molecular flexibility index (Phi) is 5.34. The second-order valence-corrected chi connectivity index (χ2v) is 9.16. The van der Waals surface area contributed by atoms with Gasteiger partial charge in [-0.2, -0.15) is 0 Å². The van der Waals surface area contributed by atoms with Gasteiger partial charge in [0.1, 0.15) is 12.2 Å². The number of esters is 1. The van der Waals surface area contributed by atoms with E-state index in [2.05, 4.69) is 0 Å². The van der Waals surface area contributed by atoms with Gasteiger partial charge in [0.05, 0.1) is 17.0 Å². The van der Waals surface area contributed by atoms with Gasteiger partial charge in [-0.15, -0.1) is 0 Å². The highest BCUT2D eigenvalue weighted by Gasteiger charge is 2.28. The fourth-order valence-corrected chi connectivity index (χ4v) is 5.11. The van der Waals surface area contributed by atoms with Crippen molar-refractivity contribution in [3.63, 3.8) is 0 Å². The zero-order valence-electron chi connectivity index (χ0n) is 16.5. The summed E-state index contributed by atoms with van der Waals surface area (Å²) in [4.78, 5) is 24.5. The molecule has 0 saturated carbocycles. The van der Waals surface area contributed by atoms with E-state index in [0.717, 1.165) is 12.0 Å². The maximum absolute atomic E-state index is 12.6. The molecule has 0 unspecified atom stereocenters. The lowest BCUT2D eigenvalue weighted by atomic mass is 10.1. The van der Waals surface area contributed by atoms with E-state index in [-0.39, 0.29) is 17.9 Å². The number of anilines is 1. The molecule has 0 spiro atoms.